The van der Waals surface area contributed by atoms with Crippen LogP contribution >= 0.6 is 0 Å². The molecule has 0 bridgehead atoms. The van der Waals surface area contributed by atoms with Crippen LogP contribution in [0.25, 0.3) is 0 Å². The molecule has 1 fully saturated rings. The second-order valence-electron chi connectivity index (χ2n) is 6.49. The van der Waals surface area contributed by atoms with E-state index in [-0.39, 0.29) is 12.5 Å². The fraction of sp³-hybridized carbons (Fsp3) is 0.600. The normalized spacial score (nSPS) is 13.8. The van der Waals surface area contributed by atoms with Gasteiger partial charge in [-0.25, -0.2) is 4.99 Å². The first-order chi connectivity index (χ1) is 13.2. The third-order valence-electron chi connectivity index (χ3n) is 4.13. The van der Waals surface area contributed by atoms with E-state index in [1.54, 1.807) is 7.11 Å². The molecule has 0 unspecified atom stereocenters. The van der Waals surface area contributed by atoms with Gasteiger partial charge in [0, 0.05) is 19.1 Å². The van der Waals surface area contributed by atoms with Gasteiger partial charge in [0.05, 0.1) is 13.7 Å². The number of guanidine groups is 1. The van der Waals surface area contributed by atoms with E-state index in [0.29, 0.717) is 18.6 Å². The van der Waals surface area contributed by atoms with Gasteiger partial charge in [-0.05, 0) is 57.2 Å². The Kier molecular flexibility index (Phi) is 8.74. The Bertz CT molecular complexity index is 630. The molecule has 1 aromatic rings. The second kappa shape index (κ2) is 11.3. The first kappa shape index (κ1) is 20.9. The Balaban J connectivity index is 1.76. The molecule has 150 valence electrons. The van der Waals surface area contributed by atoms with Gasteiger partial charge < -0.3 is 25.4 Å². The molecule has 0 aromatic heterocycles. The van der Waals surface area contributed by atoms with Crippen molar-refractivity contribution in [1.29, 1.82) is 0 Å². The van der Waals surface area contributed by atoms with Crippen molar-refractivity contribution in [2.75, 3.05) is 33.4 Å². The number of amides is 1. The fourth-order valence-corrected chi connectivity index (χ4v) is 2.64. The number of carbonyl (C=O) groups is 1. The molecule has 1 saturated carbocycles. The molecule has 1 aliphatic carbocycles. The Morgan fingerprint density at radius 1 is 1.22 bits per heavy atom. The minimum Gasteiger partial charge on any atom is -0.493 e. The van der Waals surface area contributed by atoms with Crippen molar-refractivity contribution in [2.45, 2.75) is 45.6 Å². The number of ether oxygens (including phenoxy) is 2. The van der Waals surface area contributed by atoms with Gasteiger partial charge in [0.2, 0.25) is 5.91 Å². The van der Waals surface area contributed by atoms with Crippen LogP contribution in [0.1, 0.15) is 38.7 Å². The molecule has 7 heteroatoms. The van der Waals surface area contributed by atoms with Gasteiger partial charge in [0.25, 0.3) is 0 Å². The Hall–Kier alpha value is -2.44. The van der Waals surface area contributed by atoms with Crippen molar-refractivity contribution in [2.24, 2.45) is 4.99 Å². The molecule has 0 aliphatic heterocycles. The average molecular weight is 377 g/mol. The molecule has 0 saturated heterocycles. The van der Waals surface area contributed by atoms with Crippen LogP contribution in [0.3, 0.4) is 0 Å². The molecule has 1 aromatic carbocycles. The van der Waals surface area contributed by atoms with Crippen LogP contribution in [0.4, 0.5) is 0 Å². The number of hydrogen-bond acceptors (Lipinski definition) is 4. The highest BCUT2D eigenvalue weighted by Crippen LogP contribution is 2.28. The summed E-state index contributed by atoms with van der Waals surface area (Å²) in [5.74, 6) is 2.19. The van der Waals surface area contributed by atoms with Crippen LogP contribution < -0.4 is 25.4 Å². The zero-order valence-electron chi connectivity index (χ0n) is 16.6. The maximum atomic E-state index is 11.8. The van der Waals surface area contributed by atoms with Gasteiger partial charge in [-0.15, -0.1) is 0 Å². The first-order valence-corrected chi connectivity index (χ1v) is 9.77. The van der Waals surface area contributed by atoms with Gasteiger partial charge >= 0.3 is 0 Å². The summed E-state index contributed by atoms with van der Waals surface area (Å²) in [7, 11) is 1.65. The van der Waals surface area contributed by atoms with Crippen molar-refractivity contribution in [1.82, 2.24) is 16.0 Å². The number of benzene rings is 1. The minimum atomic E-state index is -0.0172. The highest BCUT2D eigenvalue weighted by atomic mass is 16.5. The Labute approximate surface area is 161 Å². The molecule has 0 spiro atoms. The Morgan fingerprint density at radius 3 is 2.70 bits per heavy atom. The lowest BCUT2D eigenvalue weighted by atomic mass is 10.1. The number of methoxy groups -OCH3 is 1. The van der Waals surface area contributed by atoms with Crippen LogP contribution in [0.5, 0.6) is 11.5 Å². The number of aliphatic imine (C=N–C) groups is 1. The smallest absolute Gasteiger partial charge is 0.242 e. The molecule has 0 heterocycles. The lowest BCUT2D eigenvalue weighted by Gasteiger charge is -2.13. The number of nitrogens with zero attached hydrogens (tertiary/aromatic N) is 1. The summed E-state index contributed by atoms with van der Waals surface area (Å²) in [5, 5.41) is 9.39. The quantitative estimate of drug-likeness (QED) is 0.312. The highest BCUT2D eigenvalue weighted by Gasteiger charge is 2.22. The maximum Gasteiger partial charge on any atom is 0.242 e. The second-order valence-corrected chi connectivity index (χ2v) is 6.49. The number of rotatable bonds is 11. The van der Waals surface area contributed by atoms with Gasteiger partial charge in [0.1, 0.15) is 6.54 Å². The Morgan fingerprint density at radius 2 is 2.04 bits per heavy atom. The third-order valence-corrected chi connectivity index (χ3v) is 4.13. The minimum absolute atomic E-state index is 0.0172. The van der Waals surface area contributed by atoms with E-state index in [2.05, 4.69) is 27.0 Å². The molecule has 1 aliphatic rings. The lowest BCUT2D eigenvalue weighted by molar-refractivity contribution is -0.119. The summed E-state index contributed by atoms with van der Waals surface area (Å²) in [4.78, 5) is 16.1. The molecular weight excluding hydrogens is 344 g/mol. The molecule has 3 N–H and O–H groups in total. The summed E-state index contributed by atoms with van der Waals surface area (Å²) < 4.78 is 10.9. The van der Waals surface area contributed by atoms with E-state index in [1.807, 2.05) is 26.0 Å². The highest BCUT2D eigenvalue weighted by molar-refractivity contribution is 5.85. The van der Waals surface area contributed by atoms with Crippen LogP contribution in [0.2, 0.25) is 0 Å². The zero-order valence-corrected chi connectivity index (χ0v) is 16.6. The lowest BCUT2D eigenvalue weighted by Crippen LogP contribution is -2.39. The fourth-order valence-electron chi connectivity index (χ4n) is 2.64. The van der Waals surface area contributed by atoms with Crippen molar-refractivity contribution in [3.05, 3.63) is 23.8 Å². The van der Waals surface area contributed by atoms with E-state index >= 15 is 0 Å². The first-order valence-electron chi connectivity index (χ1n) is 9.77. The topological polar surface area (TPSA) is 84.0 Å². The van der Waals surface area contributed by atoms with Crippen LogP contribution in [0.15, 0.2) is 23.2 Å². The molecule has 27 heavy (non-hydrogen) atoms. The zero-order chi connectivity index (χ0) is 19.5. The molecule has 0 radical (unpaired) electrons. The van der Waals surface area contributed by atoms with Gasteiger partial charge in [0.15, 0.2) is 17.5 Å². The van der Waals surface area contributed by atoms with E-state index in [1.165, 1.54) is 5.56 Å². The summed E-state index contributed by atoms with van der Waals surface area (Å²) in [6, 6.07) is 6.40. The standard InChI is InChI=1S/C20H32N4O3/c1-4-21-20(23-14-19(25)24-16-9-10-16)22-12-6-7-15-8-11-17(26-3)18(13-15)27-5-2/h8,11,13,16H,4-7,9-10,12,14H2,1-3H3,(H,24,25)(H2,21,22,23). The SMILES string of the molecule is CCNC(=NCC(=O)NC1CC1)NCCCc1ccc(OC)c(OCC)c1. The van der Waals surface area contributed by atoms with Crippen molar-refractivity contribution in [3.63, 3.8) is 0 Å². The molecule has 7 nitrogen and oxygen atoms in total. The predicted octanol–water partition coefficient (Wildman–Crippen LogP) is 1.86. The van der Waals surface area contributed by atoms with Crippen molar-refractivity contribution in [3.8, 4) is 11.5 Å². The molecule has 1 amide bonds. The third kappa shape index (κ3) is 7.76. The summed E-state index contributed by atoms with van der Waals surface area (Å²) in [6.45, 7) is 6.26. The summed E-state index contributed by atoms with van der Waals surface area (Å²) in [5.41, 5.74) is 1.20. The summed E-state index contributed by atoms with van der Waals surface area (Å²) in [6.07, 6.45) is 4.03. The molecule has 2 rings (SSSR count). The van der Waals surface area contributed by atoms with E-state index in [9.17, 15) is 4.79 Å². The van der Waals surface area contributed by atoms with Gasteiger partial charge in [-0.2, -0.15) is 0 Å². The van der Waals surface area contributed by atoms with Gasteiger partial charge in [-0.1, -0.05) is 6.07 Å². The van der Waals surface area contributed by atoms with Crippen LogP contribution in [-0.2, 0) is 11.2 Å². The maximum absolute atomic E-state index is 11.8. The van der Waals surface area contributed by atoms with Crippen molar-refractivity contribution >= 4 is 11.9 Å². The van der Waals surface area contributed by atoms with Gasteiger partial charge in [-0.3, -0.25) is 4.79 Å². The molecule has 0 atom stereocenters. The molecular formula is C20H32N4O3. The predicted molar refractivity (Wildman–Crippen MR) is 108 cm³/mol. The monoisotopic (exact) mass is 376 g/mol. The summed E-state index contributed by atoms with van der Waals surface area (Å²) >= 11 is 0. The average Bonchev–Trinajstić information content (AvgIpc) is 3.47. The largest absolute Gasteiger partial charge is 0.493 e. The number of nitrogens with one attached hydrogen (secondary N) is 3. The van der Waals surface area contributed by atoms with E-state index < -0.39 is 0 Å². The van der Waals surface area contributed by atoms with E-state index in [4.69, 9.17) is 9.47 Å². The number of hydrogen-bond donors (Lipinski definition) is 3. The van der Waals surface area contributed by atoms with Crippen LogP contribution in [0, 0.1) is 0 Å². The van der Waals surface area contributed by atoms with E-state index in [0.717, 1.165) is 50.3 Å². The van der Waals surface area contributed by atoms with Crippen molar-refractivity contribution < 1.29 is 14.3 Å². The number of aryl methyl sites for hydroxylation is 1. The van der Waals surface area contributed by atoms with Crippen LogP contribution in [-0.4, -0.2) is 51.3 Å². The number of carbonyl (C=O) groups excluding carboxylic acids is 1.